The molecule has 0 saturated carbocycles. The van der Waals surface area contributed by atoms with E-state index >= 15 is 0 Å². The molecule has 1 aromatic carbocycles. The van der Waals surface area contributed by atoms with Crippen LogP contribution in [0, 0.1) is 5.82 Å². The smallest absolute Gasteiger partial charge is 0.410 e. The Morgan fingerprint density at radius 1 is 1.33 bits per heavy atom. The fourth-order valence-electron chi connectivity index (χ4n) is 2.52. The van der Waals surface area contributed by atoms with E-state index in [2.05, 4.69) is 0 Å². The van der Waals surface area contributed by atoms with Crippen LogP contribution in [0.2, 0.25) is 0 Å². The van der Waals surface area contributed by atoms with Crippen LogP contribution < -0.4 is 5.46 Å². The fourth-order valence-corrected chi connectivity index (χ4v) is 2.52. The highest BCUT2D eigenvalue weighted by molar-refractivity contribution is 6.32. The Morgan fingerprint density at radius 2 is 1.95 bits per heavy atom. The summed E-state index contributed by atoms with van der Waals surface area (Å²) in [5.41, 5.74) is 0.643. The molecule has 1 aliphatic rings. The highest BCUT2D eigenvalue weighted by Crippen LogP contribution is 2.28. The van der Waals surface area contributed by atoms with Gasteiger partial charge < -0.3 is 9.64 Å². The molecule has 1 aromatic rings. The van der Waals surface area contributed by atoms with Gasteiger partial charge >= 0.3 is 6.09 Å². The lowest BCUT2D eigenvalue weighted by atomic mass is 9.86. The average molecular weight is 289 g/mol. The first-order chi connectivity index (χ1) is 9.76. The number of carbonyl (C=O) groups excluding carboxylic acids is 1. The van der Waals surface area contributed by atoms with E-state index in [0.717, 1.165) is 18.4 Å². The molecule has 112 valence electrons. The lowest BCUT2D eigenvalue weighted by Crippen LogP contribution is -2.41. The van der Waals surface area contributed by atoms with Crippen LogP contribution in [0.5, 0.6) is 0 Å². The van der Waals surface area contributed by atoms with E-state index in [1.54, 1.807) is 11.0 Å². The monoisotopic (exact) mass is 289 g/mol. The van der Waals surface area contributed by atoms with Gasteiger partial charge in [0.25, 0.3) is 0 Å². The number of benzene rings is 1. The number of hydrogen-bond acceptors (Lipinski definition) is 2. The summed E-state index contributed by atoms with van der Waals surface area (Å²) in [6, 6.07) is 4.97. The molecule has 2 radical (unpaired) electrons. The number of rotatable bonds is 1. The third kappa shape index (κ3) is 4.22. The van der Waals surface area contributed by atoms with Crippen molar-refractivity contribution in [1.29, 1.82) is 0 Å². The molecule has 0 aromatic heterocycles. The maximum Gasteiger partial charge on any atom is 0.410 e. The zero-order chi connectivity index (χ0) is 15.6. The summed E-state index contributed by atoms with van der Waals surface area (Å²) in [5.74, 6) is -0.110. The second-order valence-electron chi connectivity index (χ2n) is 6.52. The van der Waals surface area contributed by atoms with Gasteiger partial charge in [0.05, 0.1) is 0 Å². The van der Waals surface area contributed by atoms with Crippen molar-refractivity contribution in [1.82, 2.24) is 4.90 Å². The van der Waals surface area contributed by atoms with Crippen LogP contribution in [0.4, 0.5) is 9.18 Å². The predicted octanol–water partition coefficient (Wildman–Crippen LogP) is 2.73. The van der Waals surface area contributed by atoms with Gasteiger partial charge in [0.2, 0.25) is 0 Å². The van der Waals surface area contributed by atoms with Crippen molar-refractivity contribution in [3.05, 3.63) is 29.6 Å². The van der Waals surface area contributed by atoms with Gasteiger partial charge in [-0.3, -0.25) is 0 Å². The quantitative estimate of drug-likeness (QED) is 0.744. The molecule has 0 aliphatic carbocycles. The van der Waals surface area contributed by atoms with E-state index in [4.69, 9.17) is 12.6 Å². The molecule has 5 heteroatoms. The Labute approximate surface area is 126 Å². The molecule has 1 aliphatic heterocycles. The fraction of sp³-hybridized carbons (Fsp3) is 0.562. The maximum absolute atomic E-state index is 13.5. The van der Waals surface area contributed by atoms with Crippen molar-refractivity contribution in [2.75, 3.05) is 13.1 Å². The van der Waals surface area contributed by atoms with E-state index in [0.29, 0.717) is 13.1 Å². The van der Waals surface area contributed by atoms with Crippen LogP contribution >= 0.6 is 0 Å². The van der Waals surface area contributed by atoms with Crippen LogP contribution in [0.3, 0.4) is 0 Å². The zero-order valence-electron chi connectivity index (χ0n) is 12.9. The number of ether oxygens (including phenoxy) is 1. The molecular weight excluding hydrogens is 268 g/mol. The third-order valence-corrected chi connectivity index (χ3v) is 3.64. The maximum atomic E-state index is 13.5. The van der Waals surface area contributed by atoms with E-state index in [-0.39, 0.29) is 23.3 Å². The number of carbonyl (C=O) groups is 1. The molecule has 1 fully saturated rings. The minimum Gasteiger partial charge on any atom is -0.444 e. The number of piperidine rings is 1. The number of halogens is 1. The first-order valence-electron chi connectivity index (χ1n) is 7.29. The van der Waals surface area contributed by atoms with Gasteiger partial charge in [-0.25, -0.2) is 9.18 Å². The van der Waals surface area contributed by atoms with Crippen molar-refractivity contribution in [2.45, 2.75) is 45.1 Å². The van der Waals surface area contributed by atoms with Gasteiger partial charge in [-0.2, -0.15) is 0 Å². The third-order valence-electron chi connectivity index (χ3n) is 3.64. The molecule has 1 heterocycles. The minimum absolute atomic E-state index is 0.171. The Bertz CT molecular complexity index is 519. The zero-order valence-corrected chi connectivity index (χ0v) is 12.9. The van der Waals surface area contributed by atoms with Gasteiger partial charge in [-0.15, -0.1) is 0 Å². The second kappa shape index (κ2) is 6.08. The molecule has 2 rings (SSSR count). The number of amides is 1. The Balaban J connectivity index is 1.94. The number of nitrogens with zero attached hydrogens (tertiary/aromatic N) is 1. The Kier molecular flexibility index (Phi) is 4.59. The van der Waals surface area contributed by atoms with Crippen LogP contribution in [0.15, 0.2) is 18.2 Å². The van der Waals surface area contributed by atoms with Gasteiger partial charge in [-0.1, -0.05) is 17.6 Å². The van der Waals surface area contributed by atoms with Gasteiger partial charge in [0.1, 0.15) is 19.3 Å². The van der Waals surface area contributed by atoms with Gasteiger partial charge in [-0.05, 0) is 51.2 Å². The molecule has 0 atom stereocenters. The summed E-state index contributed by atoms with van der Waals surface area (Å²) in [6.45, 7) is 6.83. The Morgan fingerprint density at radius 3 is 2.48 bits per heavy atom. The van der Waals surface area contributed by atoms with Crippen molar-refractivity contribution in [3.8, 4) is 0 Å². The van der Waals surface area contributed by atoms with Crippen molar-refractivity contribution < 1.29 is 13.9 Å². The summed E-state index contributed by atoms with van der Waals surface area (Å²) >= 11 is 0. The predicted molar refractivity (Wildman–Crippen MR) is 81.6 cm³/mol. The first-order valence-corrected chi connectivity index (χ1v) is 7.29. The first kappa shape index (κ1) is 15.9. The largest absolute Gasteiger partial charge is 0.444 e. The molecule has 1 amide bonds. The average Bonchev–Trinajstić information content (AvgIpc) is 2.40. The summed E-state index contributed by atoms with van der Waals surface area (Å²) in [4.78, 5) is 13.7. The number of likely N-dealkylation sites (tertiary alicyclic amines) is 1. The standard InChI is InChI=1S/C16H21BFNO2/c1-16(2,3)21-15(20)19-8-6-11(7-9-19)12-4-5-13(17)14(18)10-12/h4-5,10-11H,6-9H2,1-3H3. The van der Waals surface area contributed by atoms with E-state index in [1.807, 2.05) is 26.8 Å². The SMILES string of the molecule is [B]c1ccc(C2CCN(C(=O)OC(C)(C)C)CC2)cc1F. The van der Waals surface area contributed by atoms with Crippen molar-refractivity contribution >= 4 is 19.4 Å². The summed E-state index contributed by atoms with van der Waals surface area (Å²) in [7, 11) is 5.49. The van der Waals surface area contributed by atoms with Crippen molar-refractivity contribution in [3.63, 3.8) is 0 Å². The minimum atomic E-state index is -0.478. The van der Waals surface area contributed by atoms with Crippen LogP contribution in [0.1, 0.15) is 45.1 Å². The highest BCUT2D eigenvalue weighted by Gasteiger charge is 2.27. The molecule has 0 spiro atoms. The molecular formula is C16H21BFNO2. The molecule has 0 N–H and O–H groups in total. The summed E-state index contributed by atoms with van der Waals surface area (Å²) in [6.07, 6.45) is 1.34. The van der Waals surface area contributed by atoms with Crippen molar-refractivity contribution in [2.24, 2.45) is 0 Å². The molecule has 3 nitrogen and oxygen atoms in total. The van der Waals surface area contributed by atoms with Gasteiger partial charge in [0, 0.05) is 13.1 Å². The topological polar surface area (TPSA) is 29.5 Å². The highest BCUT2D eigenvalue weighted by atomic mass is 19.1. The van der Waals surface area contributed by atoms with Crippen LogP contribution in [-0.2, 0) is 4.74 Å². The van der Waals surface area contributed by atoms with E-state index in [9.17, 15) is 9.18 Å². The van der Waals surface area contributed by atoms with E-state index in [1.165, 1.54) is 6.07 Å². The molecule has 21 heavy (non-hydrogen) atoms. The lowest BCUT2D eigenvalue weighted by Gasteiger charge is -2.33. The van der Waals surface area contributed by atoms with E-state index < -0.39 is 5.60 Å². The second-order valence-corrected chi connectivity index (χ2v) is 6.52. The normalized spacial score (nSPS) is 16.9. The molecule has 0 unspecified atom stereocenters. The van der Waals surface area contributed by atoms with Crippen LogP contribution in [-0.4, -0.2) is 37.5 Å². The summed E-state index contributed by atoms with van der Waals surface area (Å²) < 4.78 is 18.9. The lowest BCUT2D eigenvalue weighted by molar-refractivity contribution is 0.0205. The van der Waals surface area contributed by atoms with Gasteiger partial charge in [0.15, 0.2) is 0 Å². The Hall–Kier alpha value is -1.52. The summed E-state index contributed by atoms with van der Waals surface area (Å²) in [5, 5.41) is 0. The van der Waals surface area contributed by atoms with Crippen LogP contribution in [0.25, 0.3) is 0 Å². The number of hydrogen-bond donors (Lipinski definition) is 0. The molecule has 0 bridgehead atoms. The molecule has 1 saturated heterocycles.